The second-order valence-corrected chi connectivity index (χ2v) is 11.2. The van der Waals surface area contributed by atoms with Crippen molar-refractivity contribution in [1.82, 2.24) is 9.47 Å². The molecule has 35 heavy (non-hydrogen) atoms. The van der Waals surface area contributed by atoms with Crippen LogP contribution in [0.4, 0.5) is 4.79 Å². The monoisotopic (exact) mass is 604 g/mol. The Morgan fingerprint density at radius 3 is 2.34 bits per heavy atom. The average molecular weight is 607 g/mol. The van der Waals surface area contributed by atoms with Crippen LogP contribution in [-0.4, -0.2) is 20.6 Å². The van der Waals surface area contributed by atoms with Gasteiger partial charge in [-0.1, -0.05) is 68.9 Å². The maximum absolute atomic E-state index is 13.1. The zero-order chi connectivity index (χ0) is 24.7. The molecule has 176 valence electrons. The van der Waals surface area contributed by atoms with Crippen molar-refractivity contribution in [2.75, 3.05) is 0 Å². The molecular weight excluding hydrogens is 591 g/mol. The Bertz CT molecular complexity index is 1520. The van der Waals surface area contributed by atoms with Gasteiger partial charge < -0.3 is 4.57 Å². The number of hydrogen-bond donors (Lipinski definition) is 0. The Balaban J connectivity index is 1.47. The molecule has 0 atom stereocenters. The summed E-state index contributed by atoms with van der Waals surface area (Å²) in [5.41, 5.74) is 3.70. The van der Waals surface area contributed by atoms with E-state index in [0.29, 0.717) is 26.5 Å². The number of aromatic nitrogens is 1. The van der Waals surface area contributed by atoms with Crippen molar-refractivity contribution in [3.63, 3.8) is 0 Å². The van der Waals surface area contributed by atoms with Crippen LogP contribution in [0.1, 0.15) is 16.7 Å². The molecule has 1 aliphatic heterocycles. The molecule has 1 saturated heterocycles. The summed E-state index contributed by atoms with van der Waals surface area (Å²) in [6, 6.07) is 18.8. The normalized spacial score (nSPS) is 15.1. The second-order valence-electron chi connectivity index (χ2n) is 8.02. The first kappa shape index (κ1) is 24.5. The van der Waals surface area contributed by atoms with Gasteiger partial charge in [0.05, 0.1) is 21.5 Å². The van der Waals surface area contributed by atoms with E-state index < -0.39 is 0 Å². The van der Waals surface area contributed by atoms with Gasteiger partial charge in [0.2, 0.25) is 0 Å². The summed E-state index contributed by atoms with van der Waals surface area (Å²) in [7, 11) is 0. The molecule has 0 aliphatic carbocycles. The average Bonchev–Trinajstić information content (AvgIpc) is 3.29. The number of nitrogens with zero attached hydrogens (tertiary/aromatic N) is 2. The molecule has 0 spiro atoms. The van der Waals surface area contributed by atoms with E-state index in [2.05, 4.69) is 20.5 Å². The third-order valence-corrected chi connectivity index (χ3v) is 8.02. The number of benzene rings is 3. The first-order valence-corrected chi connectivity index (χ1v) is 13.2. The number of halogens is 4. The van der Waals surface area contributed by atoms with E-state index in [0.717, 1.165) is 43.8 Å². The Hall–Kier alpha value is -2.22. The highest BCUT2D eigenvalue weighted by molar-refractivity contribution is 9.10. The predicted molar refractivity (Wildman–Crippen MR) is 148 cm³/mol. The van der Waals surface area contributed by atoms with Gasteiger partial charge in [0.25, 0.3) is 11.1 Å². The van der Waals surface area contributed by atoms with Crippen LogP contribution in [0, 0.1) is 0 Å². The van der Waals surface area contributed by atoms with Crippen molar-refractivity contribution >= 4 is 90.6 Å². The molecule has 0 N–H and O–H groups in total. The van der Waals surface area contributed by atoms with E-state index in [9.17, 15) is 9.59 Å². The van der Waals surface area contributed by atoms with Gasteiger partial charge in [-0.25, -0.2) is 0 Å². The number of hydrogen-bond acceptors (Lipinski definition) is 3. The lowest BCUT2D eigenvalue weighted by Gasteiger charge is -2.12. The smallest absolute Gasteiger partial charge is 0.293 e. The van der Waals surface area contributed by atoms with Crippen LogP contribution >= 0.6 is 62.5 Å². The Morgan fingerprint density at radius 1 is 0.857 bits per heavy atom. The molecule has 0 radical (unpaired) electrons. The summed E-state index contributed by atoms with van der Waals surface area (Å²) in [4.78, 5) is 27.4. The summed E-state index contributed by atoms with van der Waals surface area (Å²) < 4.78 is 3.05. The van der Waals surface area contributed by atoms with Crippen LogP contribution < -0.4 is 0 Å². The number of carbonyl (C=O) groups excluding carboxylic acids is 2. The quantitative estimate of drug-likeness (QED) is 0.214. The number of thioether (sulfide) groups is 1. The SMILES string of the molecule is O=C1S/C(=C\c2cn(Cc3ccc(Cl)cc3)c3ccc(Br)cc23)C(=O)N1Cc1ccc(Cl)c(Cl)c1. The lowest BCUT2D eigenvalue weighted by Crippen LogP contribution is -2.27. The fraction of sp³-hybridized carbons (Fsp3) is 0.0769. The van der Waals surface area contributed by atoms with Gasteiger partial charge in [-0.15, -0.1) is 0 Å². The Labute approximate surface area is 229 Å². The highest BCUT2D eigenvalue weighted by atomic mass is 79.9. The standard InChI is InChI=1S/C26H16BrCl3N2O2S/c27-18-4-8-23-20(11-18)17(14-31(23)12-15-1-5-19(28)6-2-15)10-24-25(33)32(26(34)35-24)13-16-3-7-21(29)22(30)9-16/h1-11,14H,12-13H2/b24-10-. The molecule has 0 unspecified atom stereocenters. The fourth-order valence-electron chi connectivity index (χ4n) is 3.93. The van der Waals surface area contributed by atoms with Crippen LogP contribution in [-0.2, 0) is 17.9 Å². The number of rotatable bonds is 5. The highest BCUT2D eigenvalue weighted by Gasteiger charge is 2.35. The summed E-state index contributed by atoms with van der Waals surface area (Å²) in [6.07, 6.45) is 3.78. The van der Waals surface area contributed by atoms with Crippen LogP contribution in [0.3, 0.4) is 0 Å². The molecule has 0 saturated carbocycles. The largest absolute Gasteiger partial charge is 0.342 e. The molecule has 4 aromatic rings. The molecule has 1 aromatic heterocycles. The van der Waals surface area contributed by atoms with Gasteiger partial charge >= 0.3 is 0 Å². The third kappa shape index (κ3) is 5.18. The van der Waals surface area contributed by atoms with Crippen LogP contribution in [0.5, 0.6) is 0 Å². The van der Waals surface area contributed by atoms with Gasteiger partial charge in [-0.2, -0.15) is 0 Å². The van der Waals surface area contributed by atoms with E-state index >= 15 is 0 Å². The van der Waals surface area contributed by atoms with E-state index in [4.69, 9.17) is 34.8 Å². The molecule has 2 heterocycles. The van der Waals surface area contributed by atoms with Crippen molar-refractivity contribution in [2.24, 2.45) is 0 Å². The summed E-state index contributed by atoms with van der Waals surface area (Å²) in [6.45, 7) is 0.769. The van der Waals surface area contributed by atoms with Crippen LogP contribution in [0.25, 0.3) is 17.0 Å². The van der Waals surface area contributed by atoms with Gasteiger partial charge in [-0.3, -0.25) is 14.5 Å². The highest BCUT2D eigenvalue weighted by Crippen LogP contribution is 2.36. The van der Waals surface area contributed by atoms with Crippen molar-refractivity contribution in [3.8, 4) is 0 Å². The minimum Gasteiger partial charge on any atom is -0.342 e. The molecule has 9 heteroatoms. The maximum Gasteiger partial charge on any atom is 0.293 e. The van der Waals surface area contributed by atoms with Crippen molar-refractivity contribution in [1.29, 1.82) is 0 Å². The van der Waals surface area contributed by atoms with E-state index in [-0.39, 0.29) is 17.7 Å². The number of carbonyl (C=O) groups is 2. The van der Waals surface area contributed by atoms with E-state index in [1.54, 1.807) is 24.3 Å². The van der Waals surface area contributed by atoms with Crippen LogP contribution in [0.2, 0.25) is 15.1 Å². The maximum atomic E-state index is 13.1. The first-order chi connectivity index (χ1) is 16.8. The van der Waals surface area contributed by atoms with E-state index in [1.807, 2.05) is 48.7 Å². The molecule has 3 aromatic carbocycles. The van der Waals surface area contributed by atoms with E-state index in [1.165, 1.54) is 4.90 Å². The second kappa shape index (κ2) is 10.0. The molecule has 0 bridgehead atoms. The molecule has 2 amide bonds. The third-order valence-electron chi connectivity index (χ3n) is 5.63. The Kier molecular flexibility index (Phi) is 7.02. The zero-order valence-electron chi connectivity index (χ0n) is 18.0. The van der Waals surface area contributed by atoms with Gasteiger partial charge in [-0.05, 0) is 71.4 Å². The Morgan fingerprint density at radius 2 is 1.60 bits per heavy atom. The van der Waals surface area contributed by atoms with Gasteiger partial charge in [0, 0.05) is 38.7 Å². The lowest BCUT2D eigenvalue weighted by atomic mass is 10.1. The first-order valence-electron chi connectivity index (χ1n) is 10.5. The molecule has 1 fully saturated rings. The van der Waals surface area contributed by atoms with Gasteiger partial charge in [0.1, 0.15) is 0 Å². The molecule has 1 aliphatic rings. The fourth-order valence-corrected chi connectivity index (χ4v) is 5.56. The summed E-state index contributed by atoms with van der Waals surface area (Å²) in [5.74, 6) is -0.334. The lowest BCUT2D eigenvalue weighted by molar-refractivity contribution is -0.123. The van der Waals surface area contributed by atoms with Gasteiger partial charge in [0.15, 0.2) is 0 Å². The number of imide groups is 1. The molecule has 4 nitrogen and oxygen atoms in total. The van der Waals surface area contributed by atoms with Crippen molar-refractivity contribution < 1.29 is 9.59 Å². The van der Waals surface area contributed by atoms with Crippen molar-refractivity contribution in [2.45, 2.75) is 13.1 Å². The summed E-state index contributed by atoms with van der Waals surface area (Å²) in [5, 5.41) is 2.15. The topological polar surface area (TPSA) is 42.3 Å². The predicted octanol–water partition coefficient (Wildman–Crippen LogP) is 8.65. The minimum atomic E-state index is -0.334. The number of fused-ring (bicyclic) bond motifs is 1. The van der Waals surface area contributed by atoms with Crippen molar-refractivity contribution in [3.05, 3.63) is 108 Å². The van der Waals surface area contributed by atoms with Crippen LogP contribution in [0.15, 0.2) is 76.2 Å². The molecule has 5 rings (SSSR count). The minimum absolute atomic E-state index is 0.128. The number of amides is 2. The zero-order valence-corrected chi connectivity index (χ0v) is 22.6. The molecular formula is C26H16BrCl3N2O2S. The summed E-state index contributed by atoms with van der Waals surface area (Å²) >= 11 is 22.6.